The molecule has 4 nitrogen and oxygen atoms in total. The number of aryl methyl sites for hydroxylation is 1. The molecule has 2 heterocycles. The van der Waals surface area contributed by atoms with Gasteiger partial charge in [-0.05, 0) is 39.2 Å². The second kappa shape index (κ2) is 6.39. The number of fused-ring (bicyclic) bond motifs is 1. The third kappa shape index (κ3) is 3.60. The fraction of sp³-hybridized carbons (Fsp3) is 0.600. The number of rotatable bonds is 6. The van der Waals surface area contributed by atoms with E-state index < -0.39 is 0 Å². The van der Waals surface area contributed by atoms with Gasteiger partial charge in [-0.1, -0.05) is 13.8 Å². The minimum atomic E-state index is 0.155. The van der Waals surface area contributed by atoms with E-state index in [1.807, 2.05) is 6.92 Å². The van der Waals surface area contributed by atoms with Crippen molar-refractivity contribution in [1.29, 1.82) is 0 Å². The fourth-order valence-corrected chi connectivity index (χ4v) is 3.12. The summed E-state index contributed by atoms with van der Waals surface area (Å²) in [6.07, 6.45) is 1.17. The fourth-order valence-electron chi connectivity index (χ4n) is 2.25. The number of ether oxygens (including phenoxy) is 1. The average Bonchev–Trinajstić information content (AvgIpc) is 2.69. The summed E-state index contributed by atoms with van der Waals surface area (Å²) in [5.74, 6) is 1.96. The maximum absolute atomic E-state index is 6.05. The van der Waals surface area contributed by atoms with E-state index in [2.05, 4.69) is 49.0 Å². The lowest BCUT2D eigenvalue weighted by molar-refractivity contribution is 0.188. The molecule has 0 spiro atoms. The lowest BCUT2D eigenvalue weighted by Crippen LogP contribution is -2.16. The largest absolute Gasteiger partial charge is 0.474 e. The smallest absolute Gasteiger partial charge is 0.227 e. The Bertz CT molecular complexity index is 580. The molecule has 5 heteroatoms. The van der Waals surface area contributed by atoms with Crippen LogP contribution < -0.4 is 10.1 Å². The number of hydrogen-bond donors (Lipinski definition) is 1. The van der Waals surface area contributed by atoms with Gasteiger partial charge >= 0.3 is 0 Å². The van der Waals surface area contributed by atoms with Crippen LogP contribution in [0.4, 0.5) is 5.95 Å². The van der Waals surface area contributed by atoms with Crippen molar-refractivity contribution in [2.45, 2.75) is 47.1 Å². The topological polar surface area (TPSA) is 47.0 Å². The van der Waals surface area contributed by atoms with Crippen LogP contribution in [0.5, 0.6) is 5.88 Å². The quantitative estimate of drug-likeness (QED) is 0.865. The second-order valence-electron chi connectivity index (χ2n) is 5.52. The predicted molar refractivity (Wildman–Crippen MR) is 85.9 cm³/mol. The van der Waals surface area contributed by atoms with Crippen LogP contribution in [0.15, 0.2) is 6.07 Å². The molecule has 1 atom stereocenters. The van der Waals surface area contributed by atoms with Crippen molar-refractivity contribution in [3.05, 3.63) is 10.9 Å². The van der Waals surface area contributed by atoms with Gasteiger partial charge in [0.25, 0.3) is 0 Å². The molecule has 2 rings (SSSR count). The third-order valence-corrected chi connectivity index (χ3v) is 3.88. The molecule has 2 aromatic heterocycles. The van der Waals surface area contributed by atoms with Gasteiger partial charge in [0.15, 0.2) is 0 Å². The van der Waals surface area contributed by atoms with Crippen LogP contribution in [0.1, 0.15) is 39.0 Å². The summed E-state index contributed by atoms with van der Waals surface area (Å²) in [5, 5.41) is 4.19. The van der Waals surface area contributed by atoms with Gasteiger partial charge in [-0.3, -0.25) is 0 Å². The van der Waals surface area contributed by atoms with Gasteiger partial charge < -0.3 is 10.1 Å². The highest BCUT2D eigenvalue weighted by atomic mass is 32.1. The van der Waals surface area contributed by atoms with E-state index >= 15 is 0 Å². The third-order valence-electron chi connectivity index (χ3n) is 2.93. The molecule has 1 N–H and O–H groups in total. The van der Waals surface area contributed by atoms with Gasteiger partial charge in [-0.15, -0.1) is 11.3 Å². The Kier molecular flexibility index (Phi) is 4.81. The maximum atomic E-state index is 6.05. The molecular formula is C15H23N3OS. The summed E-state index contributed by atoms with van der Waals surface area (Å²) in [7, 11) is 0. The Morgan fingerprint density at radius 2 is 2.05 bits per heavy atom. The number of nitrogens with zero attached hydrogens (tertiary/aromatic N) is 2. The van der Waals surface area contributed by atoms with Gasteiger partial charge in [0.1, 0.15) is 4.83 Å². The molecule has 2 aromatic rings. The van der Waals surface area contributed by atoms with E-state index in [0.29, 0.717) is 17.7 Å². The first-order valence-electron chi connectivity index (χ1n) is 7.18. The Balaban J connectivity index is 2.33. The van der Waals surface area contributed by atoms with E-state index in [0.717, 1.165) is 23.2 Å². The summed E-state index contributed by atoms with van der Waals surface area (Å²) < 4.78 is 6.05. The molecule has 0 aliphatic carbocycles. The summed E-state index contributed by atoms with van der Waals surface area (Å²) in [4.78, 5) is 11.3. The first kappa shape index (κ1) is 15.0. The SMILES string of the molecule is CCNc1nc(OC(C)CC(C)C)c2cc(C)sc2n1. The lowest BCUT2D eigenvalue weighted by atomic mass is 10.1. The Morgan fingerprint density at radius 1 is 1.30 bits per heavy atom. The number of aromatic nitrogens is 2. The molecule has 0 aliphatic rings. The molecule has 0 saturated heterocycles. The highest BCUT2D eigenvalue weighted by molar-refractivity contribution is 7.18. The van der Waals surface area contributed by atoms with Crippen LogP contribution in [0, 0.1) is 12.8 Å². The molecule has 1 unspecified atom stereocenters. The Labute approximate surface area is 124 Å². The molecule has 20 heavy (non-hydrogen) atoms. The van der Waals surface area contributed by atoms with Crippen LogP contribution in [0.25, 0.3) is 10.2 Å². The predicted octanol–water partition coefficient (Wildman–Crippen LogP) is 4.24. The molecule has 0 aromatic carbocycles. The first-order valence-corrected chi connectivity index (χ1v) is 8.00. The standard InChI is InChI=1S/C15H23N3OS/c1-6-16-15-17-13(19-10(4)7-9(2)3)12-8-11(5)20-14(12)18-15/h8-10H,6-7H2,1-5H3,(H,16,17,18). The molecule has 0 amide bonds. The van der Waals surface area contributed by atoms with Crippen molar-refractivity contribution < 1.29 is 4.74 Å². The zero-order valence-corrected chi connectivity index (χ0v) is 13.7. The minimum absolute atomic E-state index is 0.155. The number of nitrogens with one attached hydrogen (secondary N) is 1. The van der Waals surface area contributed by atoms with Crippen molar-refractivity contribution in [2.24, 2.45) is 5.92 Å². The Morgan fingerprint density at radius 3 is 2.70 bits per heavy atom. The van der Waals surface area contributed by atoms with Crippen LogP contribution in [-0.4, -0.2) is 22.6 Å². The highest BCUT2D eigenvalue weighted by Gasteiger charge is 2.15. The van der Waals surface area contributed by atoms with E-state index in [1.54, 1.807) is 11.3 Å². The normalized spacial score (nSPS) is 12.9. The zero-order chi connectivity index (χ0) is 14.7. The minimum Gasteiger partial charge on any atom is -0.474 e. The monoisotopic (exact) mass is 293 g/mol. The van der Waals surface area contributed by atoms with E-state index in [-0.39, 0.29) is 6.10 Å². The van der Waals surface area contributed by atoms with Gasteiger partial charge in [-0.25, -0.2) is 4.98 Å². The van der Waals surface area contributed by atoms with Crippen molar-refractivity contribution in [3.8, 4) is 5.88 Å². The molecule has 0 saturated carbocycles. The molecule has 110 valence electrons. The van der Waals surface area contributed by atoms with E-state index in [4.69, 9.17) is 4.74 Å². The molecule has 0 fully saturated rings. The zero-order valence-electron chi connectivity index (χ0n) is 12.9. The molecular weight excluding hydrogens is 270 g/mol. The van der Waals surface area contributed by atoms with Crippen molar-refractivity contribution in [1.82, 2.24) is 9.97 Å². The van der Waals surface area contributed by atoms with E-state index in [1.165, 1.54) is 4.88 Å². The van der Waals surface area contributed by atoms with Crippen LogP contribution in [0.2, 0.25) is 0 Å². The van der Waals surface area contributed by atoms with Crippen LogP contribution >= 0.6 is 11.3 Å². The summed E-state index contributed by atoms with van der Waals surface area (Å²) in [6.45, 7) is 11.4. The molecule has 0 radical (unpaired) electrons. The molecule has 0 aliphatic heterocycles. The molecule has 0 bridgehead atoms. The highest BCUT2D eigenvalue weighted by Crippen LogP contribution is 2.31. The summed E-state index contributed by atoms with van der Waals surface area (Å²) in [6, 6.07) is 2.10. The number of anilines is 1. The van der Waals surface area contributed by atoms with Gasteiger partial charge in [-0.2, -0.15) is 4.98 Å². The van der Waals surface area contributed by atoms with Gasteiger partial charge in [0.2, 0.25) is 11.8 Å². The van der Waals surface area contributed by atoms with Crippen molar-refractivity contribution in [3.63, 3.8) is 0 Å². The van der Waals surface area contributed by atoms with Crippen LogP contribution in [-0.2, 0) is 0 Å². The van der Waals surface area contributed by atoms with Gasteiger partial charge in [0, 0.05) is 11.4 Å². The lowest BCUT2D eigenvalue weighted by Gasteiger charge is -2.16. The second-order valence-corrected chi connectivity index (χ2v) is 6.75. The number of thiophene rings is 1. The van der Waals surface area contributed by atoms with Gasteiger partial charge in [0.05, 0.1) is 11.5 Å². The first-order chi connectivity index (χ1) is 9.49. The van der Waals surface area contributed by atoms with Crippen molar-refractivity contribution in [2.75, 3.05) is 11.9 Å². The van der Waals surface area contributed by atoms with Crippen LogP contribution in [0.3, 0.4) is 0 Å². The maximum Gasteiger partial charge on any atom is 0.227 e. The summed E-state index contributed by atoms with van der Waals surface area (Å²) >= 11 is 1.68. The average molecular weight is 293 g/mol. The Hall–Kier alpha value is -1.36. The van der Waals surface area contributed by atoms with E-state index in [9.17, 15) is 0 Å². The van der Waals surface area contributed by atoms with Crippen molar-refractivity contribution >= 4 is 27.5 Å². The summed E-state index contributed by atoms with van der Waals surface area (Å²) in [5.41, 5.74) is 0. The number of hydrogen-bond acceptors (Lipinski definition) is 5.